The van der Waals surface area contributed by atoms with Crippen molar-refractivity contribution in [3.63, 3.8) is 0 Å². The molecule has 1 fully saturated rings. The normalized spacial score (nSPS) is 18.4. The fourth-order valence-corrected chi connectivity index (χ4v) is 2.59. The number of piperidine rings is 1. The zero-order chi connectivity index (χ0) is 14.4. The van der Waals surface area contributed by atoms with Gasteiger partial charge in [-0.1, -0.05) is 13.0 Å². The summed E-state index contributed by atoms with van der Waals surface area (Å²) in [5.74, 6) is 1.80. The van der Waals surface area contributed by atoms with Gasteiger partial charge in [-0.3, -0.25) is 0 Å². The van der Waals surface area contributed by atoms with Crippen molar-refractivity contribution in [2.45, 2.75) is 19.8 Å². The second-order valence-electron chi connectivity index (χ2n) is 5.22. The molecule has 1 aliphatic heterocycles. The lowest BCUT2D eigenvalue weighted by molar-refractivity contribution is 0.444. The Bertz CT molecular complexity index is 457. The quantitative estimate of drug-likeness (QED) is 0.659. The van der Waals surface area contributed by atoms with E-state index in [0.717, 1.165) is 30.5 Å². The first-order chi connectivity index (χ1) is 9.69. The average Bonchev–Trinajstić information content (AvgIpc) is 2.46. The number of pyridine rings is 1. The third-order valence-corrected chi connectivity index (χ3v) is 3.64. The molecule has 1 saturated heterocycles. The number of anilines is 2. The van der Waals surface area contributed by atoms with Gasteiger partial charge in [-0.25, -0.2) is 4.98 Å². The van der Waals surface area contributed by atoms with Crippen LogP contribution in [0.4, 0.5) is 11.5 Å². The predicted octanol–water partition coefficient (Wildman–Crippen LogP) is 2.79. The number of hydrogen-bond donors (Lipinski definition) is 2. The Kier molecular flexibility index (Phi) is 5.35. The first-order valence-corrected chi connectivity index (χ1v) is 7.46. The van der Waals surface area contributed by atoms with E-state index in [1.54, 1.807) is 6.08 Å². The van der Waals surface area contributed by atoms with Gasteiger partial charge in [0.2, 0.25) is 0 Å². The molecule has 5 heteroatoms. The summed E-state index contributed by atoms with van der Waals surface area (Å²) in [4.78, 5) is 6.88. The summed E-state index contributed by atoms with van der Waals surface area (Å²) < 4.78 is 0. The number of thiocarbonyl (C=S) groups is 1. The van der Waals surface area contributed by atoms with Crippen LogP contribution in [0.5, 0.6) is 0 Å². The highest BCUT2D eigenvalue weighted by Crippen LogP contribution is 2.21. The van der Waals surface area contributed by atoms with Crippen molar-refractivity contribution in [2.24, 2.45) is 5.92 Å². The van der Waals surface area contributed by atoms with Gasteiger partial charge in [-0.05, 0) is 43.1 Å². The smallest absolute Gasteiger partial charge is 0.171 e. The molecule has 0 aliphatic carbocycles. The number of rotatable bonds is 4. The molecule has 1 atom stereocenters. The lowest BCUT2D eigenvalue weighted by Gasteiger charge is -2.31. The van der Waals surface area contributed by atoms with E-state index in [1.165, 1.54) is 12.8 Å². The highest BCUT2D eigenvalue weighted by Gasteiger charge is 2.17. The summed E-state index contributed by atoms with van der Waals surface area (Å²) in [5, 5.41) is 6.72. The number of hydrogen-bond acceptors (Lipinski definition) is 3. The van der Waals surface area contributed by atoms with Crippen molar-refractivity contribution in [2.75, 3.05) is 29.9 Å². The maximum Gasteiger partial charge on any atom is 0.171 e. The molecule has 4 nitrogen and oxygen atoms in total. The van der Waals surface area contributed by atoms with Crippen molar-refractivity contribution >= 4 is 28.8 Å². The Labute approximate surface area is 126 Å². The van der Waals surface area contributed by atoms with Crippen molar-refractivity contribution in [3.8, 4) is 0 Å². The highest BCUT2D eigenvalue weighted by molar-refractivity contribution is 7.80. The molecule has 20 heavy (non-hydrogen) atoms. The van der Waals surface area contributed by atoms with Gasteiger partial charge in [0, 0.05) is 19.6 Å². The molecule has 0 spiro atoms. The van der Waals surface area contributed by atoms with E-state index in [9.17, 15) is 0 Å². The monoisotopic (exact) mass is 290 g/mol. The molecular weight excluding hydrogens is 268 g/mol. The van der Waals surface area contributed by atoms with Gasteiger partial charge in [0.1, 0.15) is 5.82 Å². The van der Waals surface area contributed by atoms with E-state index in [4.69, 9.17) is 12.2 Å². The van der Waals surface area contributed by atoms with E-state index < -0.39 is 0 Å². The standard InChI is InChI=1S/C15H22N4S/c1-3-8-16-15(20)18-13-6-7-14(17-10-13)19-9-4-5-12(2)11-19/h3,6-7,10,12H,1,4-5,8-9,11H2,2H3,(H2,16,18,20)/t12-/m1/s1. The second kappa shape index (κ2) is 7.24. The molecule has 0 unspecified atom stereocenters. The van der Waals surface area contributed by atoms with E-state index in [-0.39, 0.29) is 0 Å². The minimum Gasteiger partial charge on any atom is -0.359 e. The Balaban J connectivity index is 1.92. The van der Waals surface area contributed by atoms with Crippen LogP contribution in [0.25, 0.3) is 0 Å². The van der Waals surface area contributed by atoms with Gasteiger partial charge in [-0.2, -0.15) is 0 Å². The van der Waals surface area contributed by atoms with Crippen LogP contribution in [0.1, 0.15) is 19.8 Å². The van der Waals surface area contributed by atoms with Crippen molar-refractivity contribution < 1.29 is 0 Å². The van der Waals surface area contributed by atoms with Gasteiger partial charge >= 0.3 is 0 Å². The summed E-state index contributed by atoms with van der Waals surface area (Å²) >= 11 is 5.17. The minimum atomic E-state index is 0.589. The van der Waals surface area contributed by atoms with Crippen LogP contribution in [0, 0.1) is 5.92 Å². The Morgan fingerprint density at radius 1 is 1.60 bits per heavy atom. The van der Waals surface area contributed by atoms with Gasteiger partial charge in [0.15, 0.2) is 5.11 Å². The fraction of sp³-hybridized carbons (Fsp3) is 0.467. The molecule has 0 radical (unpaired) electrons. The summed E-state index contributed by atoms with van der Waals surface area (Å²) in [6, 6.07) is 4.07. The fourth-order valence-electron chi connectivity index (χ4n) is 2.38. The lowest BCUT2D eigenvalue weighted by Crippen LogP contribution is -2.34. The van der Waals surface area contributed by atoms with Crippen LogP contribution in [-0.2, 0) is 0 Å². The molecule has 0 amide bonds. The van der Waals surface area contributed by atoms with Crippen LogP contribution in [0.15, 0.2) is 31.0 Å². The molecule has 0 saturated carbocycles. The Hall–Kier alpha value is -1.62. The maximum atomic E-state index is 5.17. The number of nitrogens with zero attached hydrogens (tertiary/aromatic N) is 2. The molecule has 1 aromatic heterocycles. The highest BCUT2D eigenvalue weighted by atomic mass is 32.1. The van der Waals surface area contributed by atoms with Crippen LogP contribution < -0.4 is 15.5 Å². The van der Waals surface area contributed by atoms with Crippen LogP contribution in [-0.4, -0.2) is 29.7 Å². The first-order valence-electron chi connectivity index (χ1n) is 7.06. The summed E-state index contributed by atoms with van der Waals surface area (Å²) in [6.45, 7) is 8.79. The molecule has 2 heterocycles. The SMILES string of the molecule is C=CCNC(=S)Nc1ccc(N2CCC[C@@H](C)C2)nc1. The molecule has 0 bridgehead atoms. The van der Waals surface area contributed by atoms with Crippen LogP contribution in [0.2, 0.25) is 0 Å². The van der Waals surface area contributed by atoms with Gasteiger partial charge in [0.25, 0.3) is 0 Å². The first kappa shape index (κ1) is 14.8. The zero-order valence-corrected chi connectivity index (χ0v) is 12.7. The molecule has 1 aliphatic rings. The van der Waals surface area contributed by atoms with Gasteiger partial charge in [-0.15, -0.1) is 6.58 Å². The van der Waals surface area contributed by atoms with Crippen molar-refractivity contribution in [1.82, 2.24) is 10.3 Å². The topological polar surface area (TPSA) is 40.2 Å². The summed E-state index contributed by atoms with van der Waals surface area (Å²) in [5.41, 5.74) is 0.903. The second-order valence-corrected chi connectivity index (χ2v) is 5.63. The van der Waals surface area contributed by atoms with Gasteiger partial charge in [0.05, 0.1) is 11.9 Å². The molecule has 2 N–H and O–H groups in total. The van der Waals surface area contributed by atoms with Crippen molar-refractivity contribution in [1.29, 1.82) is 0 Å². The van der Waals surface area contributed by atoms with Crippen LogP contribution in [0.3, 0.4) is 0 Å². The number of aromatic nitrogens is 1. The molecule has 1 aromatic rings. The molecule has 0 aromatic carbocycles. The van der Waals surface area contributed by atoms with E-state index in [0.29, 0.717) is 11.7 Å². The third-order valence-electron chi connectivity index (χ3n) is 3.39. The average molecular weight is 290 g/mol. The summed E-state index contributed by atoms with van der Waals surface area (Å²) in [6.07, 6.45) is 6.17. The minimum absolute atomic E-state index is 0.589. The number of nitrogens with one attached hydrogen (secondary N) is 2. The maximum absolute atomic E-state index is 5.17. The molecule has 108 valence electrons. The molecular formula is C15H22N4S. The van der Waals surface area contributed by atoms with E-state index in [1.807, 2.05) is 12.3 Å². The predicted molar refractivity (Wildman–Crippen MR) is 89.3 cm³/mol. The van der Waals surface area contributed by atoms with Gasteiger partial charge < -0.3 is 15.5 Å². The van der Waals surface area contributed by atoms with E-state index >= 15 is 0 Å². The summed E-state index contributed by atoms with van der Waals surface area (Å²) in [7, 11) is 0. The Morgan fingerprint density at radius 2 is 2.45 bits per heavy atom. The van der Waals surface area contributed by atoms with Crippen LogP contribution >= 0.6 is 12.2 Å². The molecule has 2 rings (SSSR count). The largest absolute Gasteiger partial charge is 0.359 e. The Morgan fingerprint density at radius 3 is 3.10 bits per heavy atom. The lowest BCUT2D eigenvalue weighted by atomic mass is 10.0. The third kappa shape index (κ3) is 4.20. The van der Waals surface area contributed by atoms with Crippen molar-refractivity contribution in [3.05, 3.63) is 31.0 Å². The zero-order valence-electron chi connectivity index (χ0n) is 11.9. The van der Waals surface area contributed by atoms with E-state index in [2.05, 4.69) is 40.1 Å².